The minimum atomic E-state index is -0.815. The number of nitro groups is 1. The molecule has 0 aromatic heterocycles. The number of anilines is 1. The van der Waals surface area contributed by atoms with Crippen molar-refractivity contribution < 1.29 is 14.8 Å². The molecule has 1 aromatic carbocycles. The van der Waals surface area contributed by atoms with Crippen LogP contribution in [0, 0.1) is 10.1 Å². The summed E-state index contributed by atoms with van der Waals surface area (Å²) >= 11 is 0. The summed E-state index contributed by atoms with van der Waals surface area (Å²) in [5.74, 6) is 0.438. The fraction of sp³-hybridized carbons (Fsp3) is 0.600. The van der Waals surface area contributed by atoms with E-state index in [0.29, 0.717) is 5.75 Å². The van der Waals surface area contributed by atoms with Gasteiger partial charge in [-0.2, -0.15) is 0 Å². The molecule has 8 heteroatoms. The summed E-state index contributed by atoms with van der Waals surface area (Å²) in [6.45, 7) is 5.39. The van der Waals surface area contributed by atoms with Crippen molar-refractivity contribution in [1.82, 2.24) is 4.90 Å². The zero-order valence-electron chi connectivity index (χ0n) is 13.2. The number of likely N-dealkylation sites (tertiary alicyclic amines) is 1. The normalized spacial score (nSPS) is 26.0. The number of aliphatic hydroxyl groups is 1. The molecule has 0 bridgehead atoms. The Balaban J connectivity index is 0.00000192. The first-order valence-corrected chi connectivity index (χ1v) is 7.50. The van der Waals surface area contributed by atoms with Crippen molar-refractivity contribution in [1.29, 1.82) is 0 Å². The second-order valence-electron chi connectivity index (χ2n) is 6.54. The summed E-state index contributed by atoms with van der Waals surface area (Å²) in [6, 6.07) is 2.71. The summed E-state index contributed by atoms with van der Waals surface area (Å²) in [5.41, 5.74) is 5.68. The zero-order chi connectivity index (χ0) is 16.1. The van der Waals surface area contributed by atoms with E-state index in [-0.39, 0.29) is 29.8 Å². The summed E-state index contributed by atoms with van der Waals surface area (Å²) in [5, 5.41) is 21.8. The van der Waals surface area contributed by atoms with Crippen molar-refractivity contribution >= 4 is 23.8 Å². The van der Waals surface area contributed by atoms with Crippen LogP contribution in [0.15, 0.2) is 12.1 Å². The molecule has 0 aliphatic carbocycles. The average Bonchev–Trinajstić information content (AvgIpc) is 2.93. The number of nitrogen functional groups attached to an aromatic ring is 1. The Kier molecular flexibility index (Phi) is 4.75. The van der Waals surface area contributed by atoms with Gasteiger partial charge in [0.25, 0.3) is 5.69 Å². The predicted molar refractivity (Wildman–Crippen MR) is 89.0 cm³/mol. The number of rotatable bonds is 2. The third kappa shape index (κ3) is 2.96. The van der Waals surface area contributed by atoms with Crippen molar-refractivity contribution in [3.63, 3.8) is 0 Å². The standard InChI is InChI=1S/C15H21N3O4.ClH/c1-15(2)14(19)13(17-5-3-4-6-17)9-7-10(16)11(18(20)21)8-12(9)22-15;/h7-8,13-14,19H,3-6,16H2,1-2H3;1H/t13-,14+;/m0./s1. The Morgan fingerprint density at radius 3 is 2.57 bits per heavy atom. The van der Waals surface area contributed by atoms with Gasteiger partial charge in [-0.1, -0.05) is 0 Å². The lowest BCUT2D eigenvalue weighted by Gasteiger charge is -2.45. The third-order valence-electron chi connectivity index (χ3n) is 4.59. The van der Waals surface area contributed by atoms with E-state index in [4.69, 9.17) is 10.5 Å². The molecule has 2 aliphatic heterocycles. The average molecular weight is 344 g/mol. The Morgan fingerprint density at radius 2 is 2.00 bits per heavy atom. The number of nitrogens with two attached hydrogens (primary N) is 1. The molecule has 1 saturated heterocycles. The lowest BCUT2D eigenvalue weighted by atomic mass is 9.85. The van der Waals surface area contributed by atoms with Crippen molar-refractivity contribution in [3.05, 3.63) is 27.8 Å². The van der Waals surface area contributed by atoms with Crippen LogP contribution in [-0.4, -0.2) is 39.7 Å². The van der Waals surface area contributed by atoms with Gasteiger partial charge in [-0.25, -0.2) is 0 Å². The van der Waals surface area contributed by atoms with Crippen LogP contribution in [-0.2, 0) is 0 Å². The Morgan fingerprint density at radius 1 is 1.39 bits per heavy atom. The van der Waals surface area contributed by atoms with Gasteiger partial charge < -0.3 is 15.6 Å². The molecule has 2 heterocycles. The summed E-state index contributed by atoms with van der Waals surface area (Å²) in [7, 11) is 0. The summed E-state index contributed by atoms with van der Waals surface area (Å²) in [4.78, 5) is 12.8. The van der Waals surface area contributed by atoms with Gasteiger partial charge in [-0.3, -0.25) is 15.0 Å². The maximum absolute atomic E-state index is 11.1. The largest absolute Gasteiger partial charge is 0.484 e. The number of hydrogen-bond donors (Lipinski definition) is 2. The first-order chi connectivity index (χ1) is 10.3. The van der Waals surface area contributed by atoms with Gasteiger partial charge in [-0.05, 0) is 45.8 Å². The molecular weight excluding hydrogens is 322 g/mol. The maximum atomic E-state index is 11.1. The van der Waals surface area contributed by atoms with Crippen LogP contribution < -0.4 is 10.5 Å². The highest BCUT2D eigenvalue weighted by Gasteiger charge is 2.46. The fourth-order valence-corrected chi connectivity index (χ4v) is 3.39. The Labute approximate surface area is 141 Å². The molecule has 7 nitrogen and oxygen atoms in total. The molecule has 0 saturated carbocycles. The van der Waals surface area contributed by atoms with Crippen molar-refractivity contribution in [2.75, 3.05) is 18.8 Å². The first-order valence-electron chi connectivity index (χ1n) is 7.50. The first kappa shape index (κ1) is 17.8. The lowest BCUT2D eigenvalue weighted by molar-refractivity contribution is -0.384. The molecule has 1 aromatic rings. The highest BCUT2D eigenvalue weighted by molar-refractivity contribution is 5.85. The molecule has 0 spiro atoms. The number of fused-ring (bicyclic) bond motifs is 1. The van der Waals surface area contributed by atoms with Gasteiger partial charge in [-0.15, -0.1) is 12.4 Å². The van der Waals surface area contributed by atoms with E-state index in [9.17, 15) is 15.2 Å². The quantitative estimate of drug-likeness (QED) is 0.485. The molecule has 128 valence electrons. The van der Waals surface area contributed by atoms with E-state index in [1.807, 2.05) is 0 Å². The fourth-order valence-electron chi connectivity index (χ4n) is 3.39. The van der Waals surface area contributed by atoms with Gasteiger partial charge in [0, 0.05) is 5.56 Å². The molecule has 2 aliphatic rings. The molecule has 0 unspecified atom stereocenters. The van der Waals surface area contributed by atoms with Crippen LogP contribution >= 0.6 is 12.4 Å². The minimum Gasteiger partial charge on any atom is -0.484 e. The summed E-state index contributed by atoms with van der Waals surface area (Å²) in [6.07, 6.45) is 1.45. The van der Waals surface area contributed by atoms with E-state index >= 15 is 0 Å². The van der Waals surface area contributed by atoms with Gasteiger partial charge >= 0.3 is 0 Å². The minimum absolute atomic E-state index is 0. The number of halogens is 1. The van der Waals surface area contributed by atoms with E-state index in [0.717, 1.165) is 31.5 Å². The highest BCUT2D eigenvalue weighted by atomic mass is 35.5. The van der Waals surface area contributed by atoms with Crippen molar-refractivity contribution in [3.8, 4) is 5.75 Å². The van der Waals surface area contributed by atoms with Crippen LogP contribution in [0.4, 0.5) is 11.4 Å². The lowest BCUT2D eigenvalue weighted by Crippen LogP contribution is -2.53. The Bertz CT molecular complexity index is 617. The number of ether oxygens (including phenoxy) is 1. The molecular formula is C15H22ClN3O4. The van der Waals surface area contributed by atoms with Gasteiger partial charge in [0.2, 0.25) is 0 Å². The van der Waals surface area contributed by atoms with Crippen LogP contribution in [0.3, 0.4) is 0 Å². The Hall–Kier alpha value is -1.57. The number of nitrogens with zero attached hydrogens (tertiary/aromatic N) is 2. The van der Waals surface area contributed by atoms with Crippen LogP contribution in [0.25, 0.3) is 0 Å². The maximum Gasteiger partial charge on any atom is 0.295 e. The van der Waals surface area contributed by atoms with Gasteiger partial charge in [0.1, 0.15) is 23.1 Å². The van der Waals surface area contributed by atoms with Crippen LogP contribution in [0.1, 0.15) is 38.3 Å². The van der Waals surface area contributed by atoms with E-state index in [1.165, 1.54) is 6.07 Å². The van der Waals surface area contributed by atoms with Crippen molar-refractivity contribution in [2.24, 2.45) is 0 Å². The number of nitro benzene ring substituents is 1. The predicted octanol–water partition coefficient (Wildman–Crippen LogP) is 2.27. The third-order valence-corrected chi connectivity index (χ3v) is 4.59. The highest BCUT2D eigenvalue weighted by Crippen LogP contribution is 2.46. The second kappa shape index (κ2) is 6.14. The SMILES string of the molecule is CC1(C)Oc2cc([N+](=O)[O-])c(N)cc2[C@H](N2CCCC2)[C@H]1O.Cl. The zero-order valence-corrected chi connectivity index (χ0v) is 14.0. The number of aliphatic hydroxyl groups excluding tert-OH is 1. The van der Waals surface area contributed by atoms with E-state index in [2.05, 4.69) is 4.90 Å². The van der Waals surface area contributed by atoms with Gasteiger partial charge in [0.05, 0.1) is 17.0 Å². The number of hydrogen-bond acceptors (Lipinski definition) is 6. The van der Waals surface area contributed by atoms with E-state index in [1.54, 1.807) is 19.9 Å². The second-order valence-corrected chi connectivity index (χ2v) is 6.54. The van der Waals surface area contributed by atoms with E-state index < -0.39 is 16.6 Å². The van der Waals surface area contributed by atoms with Crippen LogP contribution in [0.2, 0.25) is 0 Å². The molecule has 3 rings (SSSR count). The molecule has 3 N–H and O–H groups in total. The number of benzene rings is 1. The smallest absolute Gasteiger partial charge is 0.295 e. The monoisotopic (exact) mass is 343 g/mol. The molecule has 2 atom stereocenters. The molecule has 1 fully saturated rings. The molecule has 23 heavy (non-hydrogen) atoms. The topological polar surface area (TPSA) is 102 Å². The van der Waals surface area contributed by atoms with Gasteiger partial charge in [0.15, 0.2) is 0 Å². The van der Waals surface area contributed by atoms with Crippen LogP contribution in [0.5, 0.6) is 5.75 Å². The molecule has 0 radical (unpaired) electrons. The van der Waals surface area contributed by atoms with Crippen molar-refractivity contribution in [2.45, 2.75) is 44.4 Å². The summed E-state index contributed by atoms with van der Waals surface area (Å²) < 4.78 is 5.83. The molecule has 0 amide bonds.